The fraction of sp³-hybridized carbons (Fsp3) is 0.826. The van der Waals surface area contributed by atoms with E-state index in [4.69, 9.17) is 9.84 Å². The first-order chi connectivity index (χ1) is 14.1. The van der Waals surface area contributed by atoms with Gasteiger partial charge < -0.3 is 9.84 Å². The van der Waals surface area contributed by atoms with E-state index in [-0.39, 0.29) is 12.6 Å². The first-order valence-electron chi connectivity index (χ1n) is 11.0. The second-order valence-corrected chi connectivity index (χ2v) is 8.51. The summed E-state index contributed by atoms with van der Waals surface area (Å²) < 4.78 is 5.03. The van der Waals surface area contributed by atoms with Gasteiger partial charge in [-0.05, 0) is 32.1 Å². The van der Waals surface area contributed by atoms with Crippen molar-refractivity contribution in [2.24, 2.45) is 0 Å². The number of halogens is 2. The molecule has 0 aromatic heterocycles. The Morgan fingerprint density at radius 1 is 0.759 bits per heavy atom. The van der Waals surface area contributed by atoms with Crippen molar-refractivity contribution in [2.75, 3.05) is 17.3 Å². The number of hydrogen-bond donors (Lipinski definition) is 1. The van der Waals surface area contributed by atoms with Crippen LogP contribution in [0.2, 0.25) is 0 Å². The van der Waals surface area contributed by atoms with Crippen molar-refractivity contribution < 1.29 is 19.4 Å². The van der Waals surface area contributed by atoms with Crippen molar-refractivity contribution in [3.05, 3.63) is 0 Å². The van der Waals surface area contributed by atoms with Gasteiger partial charge in [0.1, 0.15) is 0 Å². The molecule has 0 heterocycles. The third-order valence-electron chi connectivity index (χ3n) is 4.12. The van der Waals surface area contributed by atoms with E-state index in [1.165, 1.54) is 38.5 Å². The molecule has 4 nitrogen and oxygen atoms in total. The van der Waals surface area contributed by atoms with Crippen LogP contribution in [-0.4, -0.2) is 34.3 Å². The van der Waals surface area contributed by atoms with Crippen LogP contribution in [0.1, 0.15) is 103 Å². The van der Waals surface area contributed by atoms with Crippen LogP contribution in [0.3, 0.4) is 0 Å². The molecule has 0 radical (unpaired) electrons. The van der Waals surface area contributed by atoms with Gasteiger partial charge in [0.05, 0.1) is 0 Å². The number of carbonyl (C=O) groups excluding carboxylic acids is 1. The lowest BCUT2D eigenvalue weighted by atomic mass is 10.1. The topological polar surface area (TPSA) is 63.6 Å². The van der Waals surface area contributed by atoms with Crippen molar-refractivity contribution in [1.82, 2.24) is 0 Å². The zero-order valence-corrected chi connectivity index (χ0v) is 21.3. The van der Waals surface area contributed by atoms with Crippen molar-refractivity contribution in [2.45, 2.75) is 103 Å². The van der Waals surface area contributed by atoms with Gasteiger partial charge in [-0.15, -0.1) is 0 Å². The van der Waals surface area contributed by atoms with Crippen molar-refractivity contribution >= 4 is 43.8 Å². The molecular formula is C23H40Br2O4. The van der Waals surface area contributed by atoms with Crippen LogP contribution in [0, 0.1) is 11.8 Å². The molecule has 0 saturated carbocycles. The second-order valence-electron chi connectivity index (χ2n) is 6.93. The van der Waals surface area contributed by atoms with E-state index >= 15 is 0 Å². The predicted octanol–water partition coefficient (Wildman–Crippen LogP) is 7.27. The average molecular weight is 540 g/mol. The molecule has 0 spiro atoms. The number of hydrogen-bond acceptors (Lipinski definition) is 3. The molecule has 0 fully saturated rings. The van der Waals surface area contributed by atoms with E-state index in [1.54, 1.807) is 0 Å². The smallest absolute Gasteiger partial charge is 0.306 e. The summed E-state index contributed by atoms with van der Waals surface area (Å²) in [7, 11) is 0. The number of carboxylic acids is 1. The van der Waals surface area contributed by atoms with Gasteiger partial charge in [0, 0.05) is 29.9 Å². The molecule has 0 aliphatic rings. The lowest BCUT2D eigenvalue weighted by molar-refractivity contribution is -0.142. The number of aliphatic carboxylic acids is 1. The molecule has 0 saturated heterocycles. The Morgan fingerprint density at radius 3 is 1.79 bits per heavy atom. The summed E-state index contributed by atoms with van der Waals surface area (Å²) in [6, 6.07) is 0. The molecule has 0 aliphatic heterocycles. The molecule has 6 heteroatoms. The summed E-state index contributed by atoms with van der Waals surface area (Å²) >= 11 is 6.75. The quantitative estimate of drug-likeness (QED) is 0.0913. The fourth-order valence-electron chi connectivity index (χ4n) is 2.39. The van der Waals surface area contributed by atoms with Gasteiger partial charge in [-0.25, -0.2) is 0 Å². The Labute approximate surface area is 195 Å². The van der Waals surface area contributed by atoms with Gasteiger partial charge in [0.25, 0.3) is 0 Å². The SMILES string of the molecule is CCCCC#CCOC(=O)CCCCCCCBr.O=C(O)CCCCCCCBr. The number of esters is 1. The summed E-state index contributed by atoms with van der Waals surface area (Å²) in [4.78, 5) is 21.4. The van der Waals surface area contributed by atoms with Crippen LogP contribution in [0.4, 0.5) is 0 Å². The maximum absolute atomic E-state index is 11.3. The van der Waals surface area contributed by atoms with E-state index in [0.717, 1.165) is 55.6 Å². The van der Waals surface area contributed by atoms with Gasteiger partial charge in [0.15, 0.2) is 6.61 Å². The highest BCUT2D eigenvalue weighted by Gasteiger charge is 2.01. The standard InChI is InChI=1S/C15H25BrO2.C8H15BrO2/c1-2-3-4-8-11-14-18-15(17)12-9-6-5-7-10-13-16;9-7-5-3-1-2-4-6-8(10)11/h2-7,9-10,12-14H2,1H3;1-7H2,(H,10,11). The molecule has 0 rings (SSSR count). The highest BCUT2D eigenvalue weighted by Crippen LogP contribution is 2.07. The minimum Gasteiger partial charge on any atom is -0.481 e. The number of ether oxygens (including phenoxy) is 1. The highest BCUT2D eigenvalue weighted by molar-refractivity contribution is 9.09. The molecule has 0 atom stereocenters. The number of carbonyl (C=O) groups is 2. The fourth-order valence-corrected chi connectivity index (χ4v) is 3.18. The van der Waals surface area contributed by atoms with Gasteiger partial charge in [-0.3, -0.25) is 9.59 Å². The average Bonchev–Trinajstić information content (AvgIpc) is 2.70. The van der Waals surface area contributed by atoms with E-state index in [9.17, 15) is 9.59 Å². The molecule has 1 N–H and O–H groups in total. The summed E-state index contributed by atoms with van der Waals surface area (Å²) in [5.74, 6) is 5.09. The maximum atomic E-state index is 11.3. The Hall–Kier alpha value is -0.540. The van der Waals surface area contributed by atoms with Gasteiger partial charge >= 0.3 is 11.9 Å². The molecule has 0 unspecified atom stereocenters. The first-order valence-corrected chi connectivity index (χ1v) is 13.3. The number of alkyl halides is 2. The normalized spacial score (nSPS) is 9.76. The zero-order chi connectivity index (χ0) is 22.0. The van der Waals surface area contributed by atoms with E-state index in [2.05, 4.69) is 50.6 Å². The van der Waals surface area contributed by atoms with Gasteiger partial charge in [0.2, 0.25) is 0 Å². The molecule has 0 amide bonds. The van der Waals surface area contributed by atoms with E-state index in [1.807, 2.05) is 0 Å². The number of unbranched alkanes of at least 4 members (excludes halogenated alkanes) is 10. The Bertz CT molecular complexity index is 430. The molecule has 0 aromatic rings. The largest absolute Gasteiger partial charge is 0.481 e. The summed E-state index contributed by atoms with van der Waals surface area (Å²) in [5.41, 5.74) is 0. The van der Waals surface area contributed by atoms with Crippen molar-refractivity contribution in [3.63, 3.8) is 0 Å². The third kappa shape index (κ3) is 32.3. The number of carboxylic acid groups (broad SMARTS) is 1. The van der Waals surface area contributed by atoms with Crippen LogP contribution in [-0.2, 0) is 14.3 Å². The van der Waals surface area contributed by atoms with Gasteiger partial charge in [-0.2, -0.15) is 0 Å². The molecule has 170 valence electrons. The van der Waals surface area contributed by atoms with Crippen molar-refractivity contribution in [1.29, 1.82) is 0 Å². The Balaban J connectivity index is 0. The Morgan fingerprint density at radius 2 is 1.28 bits per heavy atom. The lowest BCUT2D eigenvalue weighted by Gasteiger charge is -2.01. The van der Waals surface area contributed by atoms with Crippen LogP contribution in [0.15, 0.2) is 0 Å². The third-order valence-corrected chi connectivity index (χ3v) is 5.25. The molecule has 29 heavy (non-hydrogen) atoms. The van der Waals surface area contributed by atoms with Crippen LogP contribution in [0.5, 0.6) is 0 Å². The zero-order valence-electron chi connectivity index (χ0n) is 18.2. The van der Waals surface area contributed by atoms with Gasteiger partial charge in [-0.1, -0.05) is 95.6 Å². The second kappa shape index (κ2) is 27.5. The molecule has 0 aliphatic carbocycles. The monoisotopic (exact) mass is 538 g/mol. The van der Waals surface area contributed by atoms with Crippen LogP contribution < -0.4 is 0 Å². The maximum Gasteiger partial charge on any atom is 0.306 e. The Kier molecular flexibility index (Phi) is 29.0. The minimum absolute atomic E-state index is 0.111. The summed E-state index contributed by atoms with van der Waals surface area (Å²) in [6.45, 7) is 2.39. The number of rotatable bonds is 17. The van der Waals surface area contributed by atoms with E-state index in [0.29, 0.717) is 12.8 Å². The van der Waals surface area contributed by atoms with E-state index < -0.39 is 5.97 Å². The molecule has 0 aromatic carbocycles. The summed E-state index contributed by atoms with van der Waals surface area (Å²) in [5, 5.41) is 10.4. The molecule has 0 bridgehead atoms. The summed E-state index contributed by atoms with van der Waals surface area (Å²) in [6.07, 6.45) is 15.2. The van der Waals surface area contributed by atoms with Crippen LogP contribution >= 0.6 is 31.9 Å². The predicted molar refractivity (Wildman–Crippen MR) is 129 cm³/mol. The minimum atomic E-state index is -0.675. The van der Waals surface area contributed by atoms with Crippen LogP contribution in [0.25, 0.3) is 0 Å². The lowest BCUT2D eigenvalue weighted by Crippen LogP contribution is -2.04. The van der Waals surface area contributed by atoms with Crippen molar-refractivity contribution in [3.8, 4) is 11.8 Å². The first kappa shape index (κ1) is 30.7. The highest BCUT2D eigenvalue weighted by atomic mass is 79.9. The molecular weight excluding hydrogens is 500 g/mol.